The molecule has 0 radical (unpaired) electrons. The summed E-state index contributed by atoms with van der Waals surface area (Å²) < 4.78 is 12.3. The SMILES string of the molecule is O=c1ccn2c(n1)OC1[C@H](O)[C@H](CO)O[C@@H]12. The number of aliphatic hydroxyl groups is 2. The third kappa shape index (κ3) is 1.19. The topological polar surface area (TPSA) is 93.8 Å². The molecule has 2 aliphatic heterocycles. The van der Waals surface area contributed by atoms with Crippen molar-refractivity contribution < 1.29 is 19.7 Å². The fraction of sp³-hybridized carbons (Fsp3) is 0.556. The van der Waals surface area contributed by atoms with Gasteiger partial charge in [-0.1, -0.05) is 0 Å². The van der Waals surface area contributed by atoms with Gasteiger partial charge in [0.25, 0.3) is 5.56 Å². The lowest BCUT2D eigenvalue weighted by Crippen LogP contribution is -2.34. The molecule has 7 nitrogen and oxygen atoms in total. The third-order valence-electron chi connectivity index (χ3n) is 2.81. The zero-order valence-electron chi connectivity index (χ0n) is 8.18. The van der Waals surface area contributed by atoms with Gasteiger partial charge in [0, 0.05) is 12.3 Å². The highest BCUT2D eigenvalue weighted by atomic mass is 16.6. The van der Waals surface area contributed by atoms with Gasteiger partial charge in [0.1, 0.15) is 12.2 Å². The van der Waals surface area contributed by atoms with Gasteiger partial charge in [0.2, 0.25) is 0 Å². The molecule has 0 aromatic carbocycles. The van der Waals surface area contributed by atoms with Crippen LogP contribution >= 0.6 is 0 Å². The second kappa shape index (κ2) is 3.27. The fourth-order valence-corrected chi connectivity index (χ4v) is 2.02. The van der Waals surface area contributed by atoms with Crippen LogP contribution in [0.1, 0.15) is 6.23 Å². The van der Waals surface area contributed by atoms with Gasteiger partial charge in [-0.05, 0) is 0 Å². The zero-order valence-corrected chi connectivity index (χ0v) is 8.18. The average Bonchev–Trinajstić information content (AvgIpc) is 2.75. The number of nitrogens with zero attached hydrogens (tertiary/aromatic N) is 2. The number of rotatable bonds is 1. The lowest BCUT2D eigenvalue weighted by molar-refractivity contribution is -0.0434. The molecule has 0 saturated carbocycles. The van der Waals surface area contributed by atoms with E-state index in [-0.39, 0.29) is 12.6 Å². The van der Waals surface area contributed by atoms with Gasteiger partial charge < -0.3 is 19.7 Å². The lowest BCUT2D eigenvalue weighted by atomic mass is 10.1. The minimum absolute atomic E-state index is 0.137. The maximum atomic E-state index is 11.0. The van der Waals surface area contributed by atoms with Crippen LogP contribution in [0.15, 0.2) is 17.1 Å². The lowest BCUT2D eigenvalue weighted by Gasteiger charge is -2.13. The largest absolute Gasteiger partial charge is 0.453 e. The van der Waals surface area contributed by atoms with E-state index in [9.17, 15) is 9.90 Å². The van der Waals surface area contributed by atoms with Gasteiger partial charge in [-0.2, -0.15) is 4.98 Å². The van der Waals surface area contributed by atoms with Crippen molar-refractivity contribution in [1.82, 2.24) is 9.55 Å². The van der Waals surface area contributed by atoms with Crippen LogP contribution < -0.4 is 10.3 Å². The van der Waals surface area contributed by atoms with Crippen molar-refractivity contribution >= 4 is 0 Å². The Labute approximate surface area is 89.9 Å². The summed E-state index contributed by atoms with van der Waals surface area (Å²) in [4.78, 5) is 14.7. The standard InChI is InChI=1S/C9H10N2O5/c12-3-4-6(14)7-8(15-4)11-2-1-5(13)10-9(11)16-7/h1-2,4,6-8,12,14H,3H2/t4-,6+,7?,8-/m0/s1. The molecular weight excluding hydrogens is 216 g/mol. The summed E-state index contributed by atoms with van der Waals surface area (Å²) in [5.41, 5.74) is -0.403. The van der Waals surface area contributed by atoms with Crippen LogP contribution in [0.3, 0.4) is 0 Å². The highest BCUT2D eigenvalue weighted by Gasteiger charge is 2.50. The molecule has 2 aliphatic rings. The molecule has 0 bridgehead atoms. The quantitative estimate of drug-likeness (QED) is 0.590. The van der Waals surface area contributed by atoms with E-state index in [1.54, 1.807) is 0 Å². The molecular formula is C9H10N2O5. The predicted octanol–water partition coefficient (Wildman–Crippen LogP) is -1.75. The van der Waals surface area contributed by atoms with Crippen molar-refractivity contribution in [2.75, 3.05) is 6.61 Å². The summed E-state index contributed by atoms with van der Waals surface area (Å²) in [5, 5.41) is 18.7. The molecule has 1 aromatic rings. The number of hydrogen-bond acceptors (Lipinski definition) is 6. The first-order valence-corrected chi connectivity index (χ1v) is 4.91. The minimum atomic E-state index is -0.924. The van der Waals surface area contributed by atoms with Crippen LogP contribution in [0, 0.1) is 0 Å². The normalized spacial score (nSPS) is 35.6. The van der Waals surface area contributed by atoms with Crippen LogP contribution in [-0.4, -0.2) is 44.7 Å². The fourth-order valence-electron chi connectivity index (χ4n) is 2.02. The van der Waals surface area contributed by atoms with Crippen LogP contribution in [0.4, 0.5) is 0 Å². The van der Waals surface area contributed by atoms with Gasteiger partial charge in [-0.25, -0.2) is 0 Å². The van der Waals surface area contributed by atoms with E-state index in [2.05, 4.69) is 4.98 Å². The summed E-state index contributed by atoms with van der Waals surface area (Å²) >= 11 is 0. The Morgan fingerprint density at radius 1 is 1.56 bits per heavy atom. The van der Waals surface area contributed by atoms with E-state index in [1.165, 1.54) is 16.8 Å². The van der Waals surface area contributed by atoms with Crippen LogP contribution in [0.5, 0.6) is 6.01 Å². The van der Waals surface area contributed by atoms with Crippen molar-refractivity contribution in [3.8, 4) is 6.01 Å². The first-order valence-electron chi connectivity index (χ1n) is 4.91. The number of aromatic nitrogens is 2. The van der Waals surface area contributed by atoms with Gasteiger partial charge in [0.15, 0.2) is 12.3 Å². The molecule has 0 aliphatic carbocycles. The van der Waals surface area contributed by atoms with Gasteiger partial charge in [-0.15, -0.1) is 0 Å². The molecule has 3 heterocycles. The van der Waals surface area contributed by atoms with Crippen molar-refractivity contribution in [2.24, 2.45) is 0 Å². The molecule has 1 unspecified atom stereocenters. The van der Waals surface area contributed by atoms with Crippen molar-refractivity contribution in [1.29, 1.82) is 0 Å². The van der Waals surface area contributed by atoms with Crippen molar-refractivity contribution in [3.63, 3.8) is 0 Å². The van der Waals surface area contributed by atoms with Crippen LogP contribution in [0.25, 0.3) is 0 Å². The van der Waals surface area contributed by atoms with Crippen LogP contribution in [-0.2, 0) is 4.74 Å². The number of hydrogen-bond donors (Lipinski definition) is 2. The number of fused-ring (bicyclic) bond motifs is 3. The average molecular weight is 226 g/mol. The van der Waals surface area contributed by atoms with Gasteiger partial charge >= 0.3 is 6.01 Å². The third-order valence-corrected chi connectivity index (χ3v) is 2.81. The second-order valence-electron chi connectivity index (χ2n) is 3.78. The Kier molecular flexibility index (Phi) is 2.00. The maximum absolute atomic E-state index is 11.0. The first-order chi connectivity index (χ1) is 7.70. The zero-order chi connectivity index (χ0) is 11.3. The first kappa shape index (κ1) is 9.76. The smallest absolute Gasteiger partial charge is 0.302 e. The molecule has 1 fully saturated rings. The Bertz CT molecular complexity index is 473. The molecule has 4 atom stereocenters. The highest BCUT2D eigenvalue weighted by Crippen LogP contribution is 2.38. The molecule has 16 heavy (non-hydrogen) atoms. The Morgan fingerprint density at radius 3 is 3.12 bits per heavy atom. The van der Waals surface area contributed by atoms with E-state index in [4.69, 9.17) is 14.6 Å². The number of ether oxygens (including phenoxy) is 2. The highest BCUT2D eigenvalue weighted by molar-refractivity contribution is 5.10. The van der Waals surface area contributed by atoms with Gasteiger partial charge in [0.05, 0.1) is 6.61 Å². The summed E-state index contributed by atoms with van der Waals surface area (Å²) in [7, 11) is 0. The Morgan fingerprint density at radius 2 is 2.38 bits per heavy atom. The van der Waals surface area contributed by atoms with E-state index < -0.39 is 30.1 Å². The van der Waals surface area contributed by atoms with E-state index in [0.29, 0.717) is 0 Å². The summed E-state index contributed by atoms with van der Waals surface area (Å²) in [6.07, 6.45) is -1.24. The van der Waals surface area contributed by atoms with Gasteiger partial charge in [-0.3, -0.25) is 9.36 Å². The monoisotopic (exact) mass is 226 g/mol. The summed E-state index contributed by atoms with van der Waals surface area (Å²) in [6.45, 7) is -0.277. The maximum Gasteiger partial charge on any atom is 0.302 e. The summed E-state index contributed by atoms with van der Waals surface area (Å²) in [6, 6.07) is 1.43. The predicted molar refractivity (Wildman–Crippen MR) is 49.9 cm³/mol. The molecule has 1 saturated heterocycles. The number of aliphatic hydroxyl groups excluding tert-OH is 2. The van der Waals surface area contributed by atoms with Crippen molar-refractivity contribution in [2.45, 2.75) is 24.5 Å². The van der Waals surface area contributed by atoms with E-state index in [1.807, 2.05) is 0 Å². The molecule has 0 spiro atoms. The van der Waals surface area contributed by atoms with Crippen LogP contribution in [0.2, 0.25) is 0 Å². The molecule has 2 N–H and O–H groups in total. The van der Waals surface area contributed by atoms with E-state index in [0.717, 1.165) is 0 Å². The second-order valence-corrected chi connectivity index (χ2v) is 3.78. The summed E-state index contributed by atoms with van der Waals surface area (Å²) in [5.74, 6) is 0. The molecule has 0 amide bonds. The molecule has 1 aromatic heterocycles. The van der Waals surface area contributed by atoms with Crippen molar-refractivity contribution in [3.05, 3.63) is 22.6 Å². The molecule has 3 rings (SSSR count). The Balaban J connectivity index is 1.99. The minimum Gasteiger partial charge on any atom is -0.453 e. The van der Waals surface area contributed by atoms with E-state index >= 15 is 0 Å². The Hall–Kier alpha value is -1.44. The molecule has 7 heteroatoms. The molecule has 86 valence electrons.